The smallest absolute Gasteiger partial charge is 0.312 e. The Morgan fingerprint density at radius 2 is 1.70 bits per heavy atom. The highest BCUT2D eigenvalue weighted by atomic mass is 32.2. The van der Waals surface area contributed by atoms with Gasteiger partial charge in [-0.05, 0) is 24.3 Å². The summed E-state index contributed by atoms with van der Waals surface area (Å²) in [5.74, 6) is 0.592. The highest BCUT2D eigenvalue weighted by Gasteiger charge is 2.20. The average molecular weight is 338 g/mol. The van der Waals surface area contributed by atoms with Gasteiger partial charge in [0.25, 0.3) is 0 Å². The molecule has 0 saturated carbocycles. The number of sulfonamides is 1. The molecule has 0 amide bonds. The second-order valence-electron chi connectivity index (χ2n) is 4.44. The number of nitrogens with two attached hydrogens (primary N) is 1. The molecule has 0 spiro atoms. The summed E-state index contributed by atoms with van der Waals surface area (Å²) >= 11 is 0. The van der Waals surface area contributed by atoms with Crippen LogP contribution >= 0.6 is 0 Å². The Morgan fingerprint density at radius 1 is 1.04 bits per heavy atom. The van der Waals surface area contributed by atoms with Crippen LogP contribution in [-0.2, 0) is 10.0 Å². The number of primary sulfonamides is 1. The maximum absolute atomic E-state index is 11.2. The van der Waals surface area contributed by atoms with Crippen molar-refractivity contribution in [1.82, 2.24) is 0 Å². The van der Waals surface area contributed by atoms with Crippen LogP contribution in [0.1, 0.15) is 0 Å². The predicted octanol–water partition coefficient (Wildman–Crippen LogP) is 1.70. The first-order valence-corrected chi connectivity index (χ1v) is 8.04. The lowest BCUT2D eigenvalue weighted by atomic mass is 10.3. The number of nitro groups is 1. The van der Waals surface area contributed by atoms with E-state index >= 15 is 0 Å². The van der Waals surface area contributed by atoms with Gasteiger partial charge in [-0.3, -0.25) is 10.1 Å². The van der Waals surface area contributed by atoms with E-state index in [1.54, 1.807) is 12.1 Å². The minimum atomic E-state index is -4.02. The summed E-state index contributed by atoms with van der Waals surface area (Å²) in [5.41, 5.74) is -0.476. The predicted molar refractivity (Wildman–Crippen MR) is 81.9 cm³/mol. The first-order valence-electron chi connectivity index (χ1n) is 6.50. The Balaban J connectivity index is 2.03. The molecular formula is C14H14N2O6S. The molecule has 2 rings (SSSR count). The van der Waals surface area contributed by atoms with Crippen LogP contribution in [0.3, 0.4) is 0 Å². The van der Waals surface area contributed by atoms with E-state index in [-0.39, 0.29) is 23.9 Å². The van der Waals surface area contributed by atoms with Crippen molar-refractivity contribution >= 4 is 15.7 Å². The normalized spacial score (nSPS) is 11.0. The van der Waals surface area contributed by atoms with Gasteiger partial charge in [-0.25, -0.2) is 13.6 Å². The molecule has 122 valence electrons. The zero-order valence-corrected chi connectivity index (χ0v) is 12.7. The molecule has 0 atom stereocenters. The van der Waals surface area contributed by atoms with Crippen molar-refractivity contribution in [2.45, 2.75) is 4.90 Å². The van der Waals surface area contributed by atoms with E-state index < -0.39 is 20.6 Å². The number of para-hydroxylation sites is 1. The first kappa shape index (κ1) is 16.7. The maximum atomic E-state index is 11.2. The standard InChI is InChI=1S/C14H14N2O6S/c15-23(19,20)12-6-7-14(13(10-12)16(17)18)22-9-8-21-11-4-2-1-3-5-11/h1-7,10H,8-9H2,(H2,15,19,20). The third-order valence-electron chi connectivity index (χ3n) is 2.81. The third kappa shape index (κ3) is 4.66. The molecule has 0 aliphatic rings. The molecule has 2 aromatic rings. The zero-order chi connectivity index (χ0) is 16.9. The summed E-state index contributed by atoms with van der Waals surface area (Å²) in [4.78, 5) is 9.93. The molecule has 0 aliphatic heterocycles. The van der Waals surface area contributed by atoms with Gasteiger partial charge in [-0.1, -0.05) is 18.2 Å². The van der Waals surface area contributed by atoms with E-state index in [9.17, 15) is 18.5 Å². The second-order valence-corrected chi connectivity index (χ2v) is 6.00. The maximum Gasteiger partial charge on any atom is 0.312 e. The summed E-state index contributed by atoms with van der Waals surface area (Å²) in [6, 6.07) is 12.2. The molecule has 0 saturated heterocycles. The van der Waals surface area contributed by atoms with Crippen LogP contribution < -0.4 is 14.6 Å². The van der Waals surface area contributed by atoms with Crippen molar-refractivity contribution in [3.05, 3.63) is 58.6 Å². The van der Waals surface area contributed by atoms with E-state index in [1.807, 2.05) is 18.2 Å². The summed E-state index contributed by atoms with van der Waals surface area (Å²) in [6.45, 7) is 0.239. The Kier molecular flexibility index (Phi) is 5.14. The third-order valence-corrected chi connectivity index (χ3v) is 3.72. The minimum absolute atomic E-state index is 0.0564. The molecular weight excluding hydrogens is 324 g/mol. The molecule has 0 fully saturated rings. The van der Waals surface area contributed by atoms with Crippen molar-refractivity contribution in [2.75, 3.05) is 13.2 Å². The van der Waals surface area contributed by atoms with Crippen LogP contribution in [0.15, 0.2) is 53.4 Å². The molecule has 9 heteroatoms. The highest BCUT2D eigenvalue weighted by molar-refractivity contribution is 7.89. The Bertz CT molecular complexity index is 792. The summed E-state index contributed by atoms with van der Waals surface area (Å²) in [7, 11) is -4.02. The molecule has 0 radical (unpaired) electrons. The van der Waals surface area contributed by atoms with Crippen molar-refractivity contribution in [2.24, 2.45) is 5.14 Å². The van der Waals surface area contributed by atoms with Gasteiger partial charge < -0.3 is 9.47 Å². The topological polar surface area (TPSA) is 122 Å². The quantitative estimate of drug-likeness (QED) is 0.466. The molecule has 2 aromatic carbocycles. The van der Waals surface area contributed by atoms with E-state index in [4.69, 9.17) is 14.6 Å². The molecule has 0 aliphatic carbocycles. The van der Waals surface area contributed by atoms with Crippen LogP contribution in [0, 0.1) is 10.1 Å². The molecule has 2 N–H and O–H groups in total. The zero-order valence-electron chi connectivity index (χ0n) is 11.9. The van der Waals surface area contributed by atoms with Gasteiger partial charge in [-0.2, -0.15) is 0 Å². The van der Waals surface area contributed by atoms with Gasteiger partial charge in [-0.15, -0.1) is 0 Å². The SMILES string of the molecule is NS(=O)(=O)c1ccc(OCCOc2ccccc2)c([N+](=O)[O-])c1. The largest absolute Gasteiger partial charge is 0.490 e. The minimum Gasteiger partial charge on any atom is -0.490 e. The van der Waals surface area contributed by atoms with Crippen LogP contribution in [0.5, 0.6) is 11.5 Å². The van der Waals surface area contributed by atoms with Crippen molar-refractivity contribution in [1.29, 1.82) is 0 Å². The van der Waals surface area contributed by atoms with Crippen molar-refractivity contribution < 1.29 is 22.8 Å². The van der Waals surface area contributed by atoms with E-state index in [0.717, 1.165) is 12.1 Å². The molecule has 8 nitrogen and oxygen atoms in total. The molecule has 0 heterocycles. The van der Waals surface area contributed by atoms with Gasteiger partial charge in [0.05, 0.1) is 9.82 Å². The number of nitro benzene ring substituents is 1. The summed E-state index contributed by atoms with van der Waals surface area (Å²) in [5, 5.41) is 16.0. The Hall–Kier alpha value is -2.65. The van der Waals surface area contributed by atoms with E-state index in [2.05, 4.69) is 0 Å². The number of hydrogen-bond donors (Lipinski definition) is 1. The van der Waals surface area contributed by atoms with Crippen molar-refractivity contribution in [3.63, 3.8) is 0 Å². The highest BCUT2D eigenvalue weighted by Crippen LogP contribution is 2.29. The fraction of sp³-hybridized carbons (Fsp3) is 0.143. The molecule has 23 heavy (non-hydrogen) atoms. The fourth-order valence-corrected chi connectivity index (χ4v) is 2.30. The number of ether oxygens (including phenoxy) is 2. The van der Waals surface area contributed by atoms with Gasteiger partial charge in [0.1, 0.15) is 19.0 Å². The number of hydrogen-bond acceptors (Lipinski definition) is 6. The van der Waals surface area contributed by atoms with Crippen LogP contribution in [0.2, 0.25) is 0 Å². The number of rotatable bonds is 7. The van der Waals surface area contributed by atoms with Crippen LogP contribution in [0.25, 0.3) is 0 Å². The lowest BCUT2D eigenvalue weighted by molar-refractivity contribution is -0.386. The van der Waals surface area contributed by atoms with Gasteiger partial charge in [0, 0.05) is 6.07 Å². The van der Waals surface area contributed by atoms with Crippen molar-refractivity contribution in [3.8, 4) is 11.5 Å². The average Bonchev–Trinajstić information content (AvgIpc) is 2.51. The summed E-state index contributed by atoms with van der Waals surface area (Å²) < 4.78 is 33.1. The first-order chi connectivity index (χ1) is 10.9. The Labute approximate surface area is 132 Å². The lowest BCUT2D eigenvalue weighted by Crippen LogP contribution is -2.13. The van der Waals surface area contributed by atoms with Crippen LogP contribution in [0.4, 0.5) is 5.69 Å². The van der Waals surface area contributed by atoms with Gasteiger partial charge in [0.2, 0.25) is 10.0 Å². The molecule has 0 bridgehead atoms. The Morgan fingerprint density at radius 3 is 2.30 bits per heavy atom. The monoisotopic (exact) mass is 338 g/mol. The lowest BCUT2D eigenvalue weighted by Gasteiger charge is -2.09. The number of nitrogens with zero attached hydrogens (tertiary/aromatic N) is 1. The van der Waals surface area contributed by atoms with E-state index in [1.165, 1.54) is 6.07 Å². The van der Waals surface area contributed by atoms with Crippen LogP contribution in [-0.4, -0.2) is 26.6 Å². The van der Waals surface area contributed by atoms with Gasteiger partial charge >= 0.3 is 5.69 Å². The summed E-state index contributed by atoms with van der Waals surface area (Å²) in [6.07, 6.45) is 0. The second kappa shape index (κ2) is 7.07. The molecule has 0 unspecified atom stereocenters. The fourth-order valence-electron chi connectivity index (χ4n) is 1.77. The van der Waals surface area contributed by atoms with E-state index in [0.29, 0.717) is 5.75 Å². The number of benzene rings is 2. The van der Waals surface area contributed by atoms with Gasteiger partial charge in [0.15, 0.2) is 5.75 Å². The molecule has 0 aromatic heterocycles.